The molecule has 0 bridgehead atoms. The van der Waals surface area contributed by atoms with Crippen LogP contribution in [0.3, 0.4) is 0 Å². The number of nitrogens with two attached hydrogens (primary N) is 1. The van der Waals surface area contributed by atoms with E-state index in [1.807, 2.05) is 6.92 Å². The van der Waals surface area contributed by atoms with Gasteiger partial charge in [-0.3, -0.25) is 4.90 Å². The van der Waals surface area contributed by atoms with Gasteiger partial charge in [0.1, 0.15) is 0 Å². The van der Waals surface area contributed by atoms with Crippen LogP contribution in [-0.4, -0.2) is 37.2 Å². The summed E-state index contributed by atoms with van der Waals surface area (Å²) in [5, 5.41) is 0. The minimum Gasteiger partial charge on any atom is -0.377 e. The standard InChI is InChI=1S/C15H21F3N2O/c1-11-9-20(7-4-8-21-11)10-14(19)12-5-2-3-6-13(12)15(16,17)18/h2-3,5-6,11,14H,4,7-10,19H2,1H3. The van der Waals surface area contributed by atoms with E-state index >= 15 is 0 Å². The number of hydrogen-bond donors (Lipinski definition) is 1. The largest absolute Gasteiger partial charge is 0.416 e. The summed E-state index contributed by atoms with van der Waals surface area (Å²) in [4.78, 5) is 2.08. The van der Waals surface area contributed by atoms with Gasteiger partial charge in [-0.15, -0.1) is 0 Å². The van der Waals surface area contributed by atoms with Gasteiger partial charge >= 0.3 is 6.18 Å². The lowest BCUT2D eigenvalue weighted by atomic mass is 10.00. The number of nitrogens with zero attached hydrogens (tertiary/aromatic N) is 1. The molecule has 1 fully saturated rings. The Labute approximate surface area is 122 Å². The molecule has 0 radical (unpaired) electrons. The molecule has 1 aliphatic rings. The van der Waals surface area contributed by atoms with Crippen molar-refractivity contribution in [1.29, 1.82) is 0 Å². The third kappa shape index (κ3) is 4.43. The number of benzene rings is 1. The number of halogens is 3. The molecule has 0 amide bonds. The zero-order valence-corrected chi connectivity index (χ0v) is 12.1. The van der Waals surface area contributed by atoms with Crippen LogP contribution in [0.2, 0.25) is 0 Å². The summed E-state index contributed by atoms with van der Waals surface area (Å²) in [6, 6.07) is 4.88. The SMILES string of the molecule is CC1CN(CC(N)c2ccccc2C(F)(F)F)CCCO1. The fourth-order valence-electron chi connectivity index (χ4n) is 2.70. The fraction of sp³-hybridized carbons (Fsp3) is 0.600. The summed E-state index contributed by atoms with van der Waals surface area (Å²) < 4.78 is 44.6. The van der Waals surface area contributed by atoms with Crippen molar-refractivity contribution in [2.24, 2.45) is 5.73 Å². The third-order valence-electron chi connectivity index (χ3n) is 3.66. The van der Waals surface area contributed by atoms with Gasteiger partial charge < -0.3 is 10.5 Å². The van der Waals surface area contributed by atoms with Gasteiger partial charge in [-0.05, 0) is 25.0 Å². The van der Waals surface area contributed by atoms with Crippen molar-refractivity contribution in [2.45, 2.75) is 31.7 Å². The normalized spacial score (nSPS) is 22.8. The molecule has 0 aromatic heterocycles. The minimum absolute atomic E-state index is 0.0811. The maximum Gasteiger partial charge on any atom is 0.416 e. The second-order valence-electron chi connectivity index (χ2n) is 5.49. The predicted molar refractivity (Wildman–Crippen MR) is 74.8 cm³/mol. The monoisotopic (exact) mass is 302 g/mol. The van der Waals surface area contributed by atoms with Crippen LogP contribution in [0, 0.1) is 0 Å². The Bertz CT molecular complexity index is 464. The van der Waals surface area contributed by atoms with Gasteiger partial charge in [0.2, 0.25) is 0 Å². The molecule has 6 heteroatoms. The van der Waals surface area contributed by atoms with Gasteiger partial charge in [0.05, 0.1) is 11.7 Å². The van der Waals surface area contributed by atoms with Crippen LogP contribution in [0.5, 0.6) is 0 Å². The van der Waals surface area contributed by atoms with Gasteiger partial charge in [-0.2, -0.15) is 13.2 Å². The Balaban J connectivity index is 2.11. The highest BCUT2D eigenvalue weighted by Gasteiger charge is 2.34. The van der Waals surface area contributed by atoms with Crippen LogP contribution < -0.4 is 5.73 Å². The first-order valence-electron chi connectivity index (χ1n) is 7.13. The zero-order chi connectivity index (χ0) is 15.5. The highest BCUT2D eigenvalue weighted by molar-refractivity contribution is 5.32. The first-order valence-corrected chi connectivity index (χ1v) is 7.13. The van der Waals surface area contributed by atoms with Crippen molar-refractivity contribution in [1.82, 2.24) is 4.90 Å². The van der Waals surface area contributed by atoms with Crippen molar-refractivity contribution in [3.05, 3.63) is 35.4 Å². The predicted octanol–water partition coefficient (Wildman–Crippen LogP) is 2.82. The summed E-state index contributed by atoms with van der Waals surface area (Å²) in [6.07, 6.45) is -3.42. The Morgan fingerprint density at radius 1 is 1.38 bits per heavy atom. The molecule has 1 aliphatic heterocycles. The molecule has 0 spiro atoms. The van der Waals surface area contributed by atoms with E-state index in [4.69, 9.17) is 10.5 Å². The van der Waals surface area contributed by atoms with Crippen LogP contribution in [0.4, 0.5) is 13.2 Å². The van der Waals surface area contributed by atoms with E-state index in [-0.39, 0.29) is 11.7 Å². The highest BCUT2D eigenvalue weighted by Crippen LogP contribution is 2.34. The lowest BCUT2D eigenvalue weighted by Gasteiger charge is -2.26. The number of alkyl halides is 3. The maximum atomic E-state index is 13.0. The van der Waals surface area contributed by atoms with Gasteiger partial charge in [-0.1, -0.05) is 18.2 Å². The van der Waals surface area contributed by atoms with E-state index in [0.717, 1.165) is 19.0 Å². The van der Waals surface area contributed by atoms with Crippen molar-refractivity contribution >= 4 is 0 Å². The Hall–Kier alpha value is -1.11. The molecule has 2 N–H and O–H groups in total. The van der Waals surface area contributed by atoms with Crippen molar-refractivity contribution in [3.63, 3.8) is 0 Å². The number of hydrogen-bond acceptors (Lipinski definition) is 3. The summed E-state index contributed by atoms with van der Waals surface area (Å²) in [6.45, 7) is 4.55. The lowest BCUT2D eigenvalue weighted by molar-refractivity contribution is -0.138. The fourth-order valence-corrected chi connectivity index (χ4v) is 2.70. The molecule has 21 heavy (non-hydrogen) atoms. The second-order valence-corrected chi connectivity index (χ2v) is 5.49. The third-order valence-corrected chi connectivity index (χ3v) is 3.66. The summed E-state index contributed by atoms with van der Waals surface area (Å²) in [5.74, 6) is 0. The minimum atomic E-state index is -4.37. The smallest absolute Gasteiger partial charge is 0.377 e. The van der Waals surface area contributed by atoms with Gasteiger partial charge in [0, 0.05) is 32.3 Å². The molecule has 1 heterocycles. The summed E-state index contributed by atoms with van der Waals surface area (Å²) in [7, 11) is 0. The van der Waals surface area contributed by atoms with E-state index in [1.165, 1.54) is 12.1 Å². The molecule has 2 atom stereocenters. The van der Waals surface area contributed by atoms with Crippen LogP contribution >= 0.6 is 0 Å². The van der Waals surface area contributed by atoms with Crippen LogP contribution in [-0.2, 0) is 10.9 Å². The molecule has 118 valence electrons. The average molecular weight is 302 g/mol. The Morgan fingerprint density at radius 2 is 2.10 bits per heavy atom. The Morgan fingerprint density at radius 3 is 2.81 bits per heavy atom. The lowest BCUT2D eigenvalue weighted by Crippen LogP contribution is -2.36. The zero-order valence-electron chi connectivity index (χ0n) is 12.1. The molecule has 1 saturated heterocycles. The highest BCUT2D eigenvalue weighted by atomic mass is 19.4. The molecule has 1 aromatic carbocycles. The van der Waals surface area contributed by atoms with Gasteiger partial charge in [0.25, 0.3) is 0 Å². The van der Waals surface area contributed by atoms with Crippen molar-refractivity contribution < 1.29 is 17.9 Å². The molecule has 0 aliphatic carbocycles. The summed E-state index contributed by atoms with van der Waals surface area (Å²) >= 11 is 0. The van der Waals surface area contributed by atoms with Crippen molar-refractivity contribution in [3.8, 4) is 0 Å². The quantitative estimate of drug-likeness (QED) is 0.933. The van der Waals surface area contributed by atoms with Gasteiger partial charge in [-0.25, -0.2) is 0 Å². The van der Waals surface area contributed by atoms with E-state index in [1.54, 1.807) is 6.07 Å². The van der Waals surface area contributed by atoms with E-state index in [0.29, 0.717) is 19.7 Å². The number of rotatable bonds is 3. The van der Waals surface area contributed by atoms with E-state index in [2.05, 4.69) is 4.90 Å². The van der Waals surface area contributed by atoms with E-state index in [9.17, 15) is 13.2 Å². The van der Waals surface area contributed by atoms with Crippen molar-refractivity contribution in [2.75, 3.05) is 26.2 Å². The molecule has 3 nitrogen and oxygen atoms in total. The molecule has 2 unspecified atom stereocenters. The van der Waals surface area contributed by atoms with Crippen LogP contribution in [0.25, 0.3) is 0 Å². The first-order chi connectivity index (χ1) is 9.88. The first kappa shape index (κ1) is 16.3. The molecular formula is C15H21F3N2O. The maximum absolute atomic E-state index is 13.0. The average Bonchev–Trinajstić information content (AvgIpc) is 2.62. The Kier molecular flexibility index (Phi) is 5.24. The van der Waals surface area contributed by atoms with Crippen LogP contribution in [0.15, 0.2) is 24.3 Å². The topological polar surface area (TPSA) is 38.5 Å². The van der Waals surface area contributed by atoms with Crippen LogP contribution in [0.1, 0.15) is 30.5 Å². The molecular weight excluding hydrogens is 281 g/mol. The molecule has 0 saturated carbocycles. The van der Waals surface area contributed by atoms with E-state index < -0.39 is 17.8 Å². The molecule has 1 aromatic rings. The second kappa shape index (κ2) is 6.77. The van der Waals surface area contributed by atoms with Gasteiger partial charge in [0.15, 0.2) is 0 Å². The summed E-state index contributed by atoms with van der Waals surface area (Å²) in [5.41, 5.74) is 5.55. The number of ether oxygens (including phenoxy) is 1. The molecule has 2 rings (SSSR count).